The third kappa shape index (κ3) is 3.23. The summed E-state index contributed by atoms with van der Waals surface area (Å²) in [7, 11) is 0. The van der Waals surface area contributed by atoms with Gasteiger partial charge in [0.25, 0.3) is 0 Å². The van der Waals surface area contributed by atoms with Crippen molar-refractivity contribution in [3.05, 3.63) is 45.6 Å². The third-order valence-electron chi connectivity index (χ3n) is 1.62. The van der Waals surface area contributed by atoms with Crippen LogP contribution in [0.15, 0.2) is 17.2 Å². The van der Waals surface area contributed by atoms with Gasteiger partial charge < -0.3 is 0 Å². The second-order valence-corrected chi connectivity index (χ2v) is 2.75. The molecule has 1 aromatic rings. The summed E-state index contributed by atoms with van der Waals surface area (Å²) in [5, 5.41) is 3.19. The highest BCUT2D eigenvalue weighted by molar-refractivity contribution is 5.37. The Labute approximate surface area is 89.5 Å². The Bertz CT molecular complexity index is 473. The zero-order valence-electron chi connectivity index (χ0n) is 8.04. The Balaban J connectivity index is 2.84. The van der Waals surface area contributed by atoms with Crippen molar-refractivity contribution in [3.8, 4) is 11.8 Å². The van der Waals surface area contributed by atoms with Gasteiger partial charge in [-0.25, -0.2) is 13.2 Å². The summed E-state index contributed by atoms with van der Waals surface area (Å²) in [4.78, 5) is 2.49. The lowest BCUT2D eigenvalue weighted by atomic mass is 10.2. The number of nitrogens with zero attached hydrogens (tertiary/aromatic N) is 3. The van der Waals surface area contributed by atoms with Gasteiger partial charge >= 0.3 is 0 Å². The second kappa shape index (κ2) is 5.69. The van der Waals surface area contributed by atoms with Crippen LogP contribution in [0.4, 0.5) is 13.2 Å². The monoisotopic (exact) mass is 225 g/mol. The summed E-state index contributed by atoms with van der Waals surface area (Å²) in [6, 6.07) is 1.11. The minimum atomic E-state index is -1.05. The maximum absolute atomic E-state index is 13.0. The average molecular weight is 225 g/mol. The third-order valence-corrected chi connectivity index (χ3v) is 1.62. The summed E-state index contributed by atoms with van der Waals surface area (Å²) in [5.74, 6) is 1.55. The largest absolute Gasteiger partial charge is 0.207 e. The Morgan fingerprint density at radius 3 is 2.44 bits per heavy atom. The molecule has 0 N–H and O–H groups in total. The van der Waals surface area contributed by atoms with Gasteiger partial charge in [-0.1, -0.05) is 17.0 Å². The molecule has 0 aliphatic rings. The standard InChI is InChI=1S/C10H6F3N3/c11-7-5-9(12)8(10(13)6-7)3-1-2-4-15-16-14/h5-6H,2,4H2. The highest BCUT2D eigenvalue weighted by atomic mass is 19.1. The molecule has 0 aliphatic carbocycles. The van der Waals surface area contributed by atoms with Crippen LogP contribution in [0.5, 0.6) is 0 Å². The predicted molar refractivity (Wildman–Crippen MR) is 51.8 cm³/mol. The lowest BCUT2D eigenvalue weighted by molar-refractivity contribution is 0.539. The minimum absolute atomic E-state index is 0.119. The highest BCUT2D eigenvalue weighted by Gasteiger charge is 2.08. The van der Waals surface area contributed by atoms with Crippen molar-refractivity contribution in [2.45, 2.75) is 6.42 Å². The van der Waals surface area contributed by atoms with Gasteiger partial charge in [0.05, 0.1) is 5.56 Å². The van der Waals surface area contributed by atoms with Crippen LogP contribution in [0, 0.1) is 29.3 Å². The molecule has 0 fully saturated rings. The lowest BCUT2D eigenvalue weighted by Crippen LogP contribution is -1.92. The van der Waals surface area contributed by atoms with Gasteiger partial charge in [-0.3, -0.25) is 0 Å². The number of rotatable bonds is 2. The van der Waals surface area contributed by atoms with Crippen molar-refractivity contribution in [1.29, 1.82) is 0 Å². The fraction of sp³-hybridized carbons (Fsp3) is 0.200. The first-order chi connectivity index (χ1) is 7.65. The number of benzene rings is 1. The SMILES string of the molecule is [N-]=[N+]=NCCC#Cc1c(F)cc(F)cc1F. The van der Waals surface area contributed by atoms with Crippen LogP contribution in [-0.4, -0.2) is 6.54 Å². The molecule has 0 amide bonds. The molecule has 0 saturated heterocycles. The van der Waals surface area contributed by atoms with E-state index in [0.29, 0.717) is 12.1 Å². The molecule has 0 aromatic heterocycles. The predicted octanol–water partition coefficient (Wildman–Crippen LogP) is 3.16. The summed E-state index contributed by atoms with van der Waals surface area (Å²) in [6.07, 6.45) is 0.181. The van der Waals surface area contributed by atoms with Gasteiger partial charge in [0.15, 0.2) is 0 Å². The van der Waals surface area contributed by atoms with Gasteiger partial charge in [0.2, 0.25) is 0 Å². The van der Waals surface area contributed by atoms with E-state index in [1.807, 2.05) is 0 Å². The van der Waals surface area contributed by atoms with E-state index >= 15 is 0 Å². The van der Waals surface area contributed by atoms with E-state index in [-0.39, 0.29) is 13.0 Å². The molecule has 0 unspecified atom stereocenters. The highest BCUT2D eigenvalue weighted by Crippen LogP contribution is 2.13. The minimum Gasteiger partial charge on any atom is -0.207 e. The van der Waals surface area contributed by atoms with Crippen molar-refractivity contribution in [2.75, 3.05) is 6.54 Å². The normalized spacial score (nSPS) is 8.94. The Morgan fingerprint density at radius 1 is 1.25 bits per heavy atom. The maximum Gasteiger partial charge on any atom is 0.144 e. The quantitative estimate of drug-likeness (QED) is 0.244. The number of hydrogen-bond acceptors (Lipinski definition) is 1. The van der Waals surface area contributed by atoms with E-state index in [1.165, 1.54) is 0 Å². The Morgan fingerprint density at radius 2 is 1.88 bits per heavy atom. The molecule has 1 aromatic carbocycles. The van der Waals surface area contributed by atoms with Gasteiger partial charge in [0.1, 0.15) is 17.5 Å². The van der Waals surface area contributed by atoms with Crippen LogP contribution in [-0.2, 0) is 0 Å². The molecule has 0 bridgehead atoms. The fourth-order valence-electron chi connectivity index (χ4n) is 0.963. The molecular weight excluding hydrogens is 219 g/mol. The Hall–Kier alpha value is -2.12. The maximum atomic E-state index is 13.0. The van der Waals surface area contributed by atoms with E-state index in [2.05, 4.69) is 21.9 Å². The molecule has 0 heterocycles. The summed E-state index contributed by atoms with van der Waals surface area (Å²) in [6.45, 7) is 0.119. The van der Waals surface area contributed by atoms with Gasteiger partial charge in [-0.15, -0.1) is 0 Å². The van der Waals surface area contributed by atoms with Crippen LogP contribution >= 0.6 is 0 Å². The first kappa shape index (κ1) is 12.0. The molecule has 3 nitrogen and oxygen atoms in total. The summed E-state index contributed by atoms with van der Waals surface area (Å²) >= 11 is 0. The van der Waals surface area contributed by atoms with Crippen molar-refractivity contribution in [1.82, 2.24) is 0 Å². The van der Waals surface area contributed by atoms with Crippen molar-refractivity contribution >= 4 is 0 Å². The zero-order valence-corrected chi connectivity index (χ0v) is 8.04. The van der Waals surface area contributed by atoms with Crippen molar-refractivity contribution in [2.24, 2.45) is 5.11 Å². The molecule has 6 heteroatoms. The first-order valence-electron chi connectivity index (χ1n) is 4.29. The average Bonchev–Trinajstić information content (AvgIpc) is 2.20. The van der Waals surface area contributed by atoms with Crippen molar-refractivity contribution < 1.29 is 13.2 Å². The molecule has 1 rings (SSSR count). The van der Waals surface area contributed by atoms with E-state index in [0.717, 1.165) is 0 Å². The molecule has 0 radical (unpaired) electrons. The van der Waals surface area contributed by atoms with E-state index in [4.69, 9.17) is 5.53 Å². The topological polar surface area (TPSA) is 48.8 Å². The van der Waals surface area contributed by atoms with Crippen LogP contribution in [0.25, 0.3) is 10.4 Å². The van der Waals surface area contributed by atoms with Crippen LogP contribution in [0.2, 0.25) is 0 Å². The Kier molecular flexibility index (Phi) is 4.25. The lowest BCUT2D eigenvalue weighted by Gasteiger charge is -1.96. The first-order valence-corrected chi connectivity index (χ1v) is 4.29. The van der Waals surface area contributed by atoms with Crippen LogP contribution in [0.1, 0.15) is 12.0 Å². The van der Waals surface area contributed by atoms with E-state index in [9.17, 15) is 13.2 Å². The zero-order chi connectivity index (χ0) is 12.0. The number of halogens is 3. The molecule has 0 atom stereocenters. The summed E-state index contributed by atoms with van der Waals surface area (Å²) < 4.78 is 38.6. The molecule has 0 spiro atoms. The molecule has 0 aliphatic heterocycles. The molecule has 82 valence electrons. The number of hydrogen-bond donors (Lipinski definition) is 0. The van der Waals surface area contributed by atoms with Gasteiger partial charge in [-0.2, -0.15) is 0 Å². The van der Waals surface area contributed by atoms with E-state index in [1.54, 1.807) is 0 Å². The molecular formula is C10H6F3N3. The molecule has 0 saturated carbocycles. The second-order valence-electron chi connectivity index (χ2n) is 2.75. The van der Waals surface area contributed by atoms with Crippen molar-refractivity contribution in [3.63, 3.8) is 0 Å². The smallest absolute Gasteiger partial charge is 0.144 e. The van der Waals surface area contributed by atoms with Crippen LogP contribution < -0.4 is 0 Å². The fourth-order valence-corrected chi connectivity index (χ4v) is 0.963. The number of azide groups is 1. The molecule has 16 heavy (non-hydrogen) atoms. The summed E-state index contributed by atoms with van der Waals surface area (Å²) in [5.41, 5.74) is 7.47. The van der Waals surface area contributed by atoms with Crippen LogP contribution in [0.3, 0.4) is 0 Å². The van der Waals surface area contributed by atoms with E-state index < -0.39 is 23.0 Å². The van der Waals surface area contributed by atoms with Gasteiger partial charge in [-0.05, 0) is 5.53 Å². The van der Waals surface area contributed by atoms with Gasteiger partial charge in [0, 0.05) is 30.0 Å².